The largest absolute Gasteiger partial charge is 0.318 e. The van der Waals surface area contributed by atoms with Crippen LogP contribution in [0.15, 0.2) is 60.2 Å². The van der Waals surface area contributed by atoms with Gasteiger partial charge in [0.15, 0.2) is 5.11 Å². The summed E-state index contributed by atoms with van der Waals surface area (Å²) in [4.78, 5) is 26.6. The second-order valence-corrected chi connectivity index (χ2v) is 7.44. The van der Waals surface area contributed by atoms with E-state index in [0.717, 1.165) is 10.6 Å². The number of halogens is 2. The molecule has 8 heteroatoms. The van der Waals surface area contributed by atoms with E-state index in [0.29, 0.717) is 16.9 Å². The minimum Gasteiger partial charge on any atom is -0.318 e. The number of amides is 2. The smallest absolute Gasteiger partial charge is 0.270 e. The molecule has 1 fully saturated rings. The van der Waals surface area contributed by atoms with Crippen LogP contribution in [0.5, 0.6) is 0 Å². The number of nitrogens with one attached hydrogen (secondary N) is 1. The van der Waals surface area contributed by atoms with Gasteiger partial charge in [-0.2, -0.15) is 0 Å². The minimum absolute atomic E-state index is 0.0476. The summed E-state index contributed by atoms with van der Waals surface area (Å²) < 4.78 is 29.8. The molecule has 0 bridgehead atoms. The van der Waals surface area contributed by atoms with Gasteiger partial charge in [-0.05, 0) is 74.1 Å². The highest BCUT2D eigenvalue weighted by Gasteiger charge is 2.35. The Hall–Kier alpha value is -3.65. The molecule has 2 aromatic carbocycles. The Bertz CT molecular complexity index is 1280. The Morgan fingerprint density at radius 2 is 1.74 bits per heavy atom. The summed E-state index contributed by atoms with van der Waals surface area (Å²) in [7, 11) is 0. The highest BCUT2D eigenvalue weighted by molar-refractivity contribution is 7.80. The fourth-order valence-electron chi connectivity index (χ4n) is 3.61. The maximum absolute atomic E-state index is 14.3. The fourth-order valence-corrected chi connectivity index (χ4v) is 3.89. The number of anilines is 1. The van der Waals surface area contributed by atoms with E-state index in [9.17, 15) is 18.4 Å². The lowest BCUT2D eigenvalue weighted by Gasteiger charge is -2.29. The molecule has 4 rings (SSSR count). The molecule has 31 heavy (non-hydrogen) atoms. The standard InChI is InChI=1S/C23H17F2N3O2S/c1-13-10-15(14(2)27(13)17-7-5-6-16(24)12-17)11-18-21(29)26-23(31)28(22(18)30)20-9-4-3-8-19(20)25/h3-12H,1-2H3,(H,26,29,31)/b18-11+. The van der Waals surface area contributed by atoms with Gasteiger partial charge in [-0.25, -0.2) is 13.7 Å². The van der Waals surface area contributed by atoms with Gasteiger partial charge in [0.25, 0.3) is 11.8 Å². The van der Waals surface area contributed by atoms with E-state index in [4.69, 9.17) is 12.2 Å². The topological polar surface area (TPSA) is 54.3 Å². The quantitative estimate of drug-likeness (QED) is 0.380. The average Bonchev–Trinajstić information content (AvgIpc) is 2.99. The molecule has 1 aliphatic heterocycles. The number of benzene rings is 2. The van der Waals surface area contributed by atoms with Crippen LogP contribution in [-0.4, -0.2) is 21.5 Å². The van der Waals surface area contributed by atoms with Crippen LogP contribution >= 0.6 is 12.2 Å². The normalized spacial score (nSPS) is 15.5. The molecule has 1 N–H and O–H groups in total. The van der Waals surface area contributed by atoms with Gasteiger partial charge in [0.05, 0.1) is 5.69 Å². The fraction of sp³-hybridized carbons (Fsp3) is 0.0870. The average molecular weight is 437 g/mol. The predicted octanol–water partition coefficient (Wildman–Crippen LogP) is 4.20. The van der Waals surface area contributed by atoms with E-state index in [2.05, 4.69) is 5.32 Å². The molecular weight excluding hydrogens is 420 g/mol. The number of carbonyl (C=O) groups excluding carboxylic acids is 2. The third-order valence-electron chi connectivity index (χ3n) is 5.03. The number of hydrogen-bond acceptors (Lipinski definition) is 3. The van der Waals surface area contributed by atoms with E-state index >= 15 is 0 Å². The van der Waals surface area contributed by atoms with Crippen LogP contribution in [0.3, 0.4) is 0 Å². The maximum Gasteiger partial charge on any atom is 0.270 e. The number of para-hydroxylation sites is 1. The number of nitrogens with zero attached hydrogens (tertiary/aromatic N) is 2. The molecule has 0 radical (unpaired) electrons. The van der Waals surface area contributed by atoms with Gasteiger partial charge in [-0.1, -0.05) is 18.2 Å². The number of hydrogen-bond donors (Lipinski definition) is 1. The van der Waals surface area contributed by atoms with Crippen molar-refractivity contribution >= 4 is 40.9 Å². The Labute approximate surface area is 182 Å². The van der Waals surface area contributed by atoms with Gasteiger partial charge in [-0.15, -0.1) is 0 Å². The van der Waals surface area contributed by atoms with Gasteiger partial charge in [0.1, 0.15) is 17.2 Å². The van der Waals surface area contributed by atoms with Crippen molar-refractivity contribution in [3.8, 4) is 5.69 Å². The lowest BCUT2D eigenvalue weighted by Crippen LogP contribution is -2.54. The first-order valence-corrected chi connectivity index (χ1v) is 9.79. The molecule has 5 nitrogen and oxygen atoms in total. The van der Waals surface area contributed by atoms with E-state index in [-0.39, 0.29) is 22.2 Å². The highest BCUT2D eigenvalue weighted by atomic mass is 32.1. The molecule has 1 aliphatic rings. The third kappa shape index (κ3) is 3.66. The number of thiocarbonyl (C=S) groups is 1. The van der Waals surface area contributed by atoms with Gasteiger partial charge in [0, 0.05) is 17.1 Å². The predicted molar refractivity (Wildman–Crippen MR) is 118 cm³/mol. The first-order valence-electron chi connectivity index (χ1n) is 9.39. The van der Waals surface area contributed by atoms with Gasteiger partial charge in [-0.3, -0.25) is 14.9 Å². The third-order valence-corrected chi connectivity index (χ3v) is 5.32. The molecule has 0 spiro atoms. The second kappa shape index (κ2) is 7.88. The summed E-state index contributed by atoms with van der Waals surface area (Å²) >= 11 is 5.11. The minimum atomic E-state index is -0.727. The second-order valence-electron chi connectivity index (χ2n) is 7.05. The Morgan fingerprint density at radius 1 is 1.00 bits per heavy atom. The Kier molecular flexibility index (Phi) is 5.24. The van der Waals surface area contributed by atoms with E-state index in [1.807, 2.05) is 11.5 Å². The van der Waals surface area contributed by atoms with Crippen molar-refractivity contribution in [2.75, 3.05) is 4.90 Å². The first-order chi connectivity index (χ1) is 14.8. The Morgan fingerprint density at radius 3 is 2.45 bits per heavy atom. The van der Waals surface area contributed by atoms with Crippen molar-refractivity contribution < 1.29 is 18.4 Å². The van der Waals surface area contributed by atoms with Gasteiger partial charge < -0.3 is 4.57 Å². The van der Waals surface area contributed by atoms with Crippen molar-refractivity contribution in [1.29, 1.82) is 0 Å². The van der Waals surface area contributed by atoms with Crippen LogP contribution in [0, 0.1) is 25.5 Å². The monoisotopic (exact) mass is 437 g/mol. The van der Waals surface area contributed by atoms with Crippen molar-refractivity contribution in [1.82, 2.24) is 9.88 Å². The van der Waals surface area contributed by atoms with Crippen molar-refractivity contribution in [2.45, 2.75) is 13.8 Å². The van der Waals surface area contributed by atoms with Crippen molar-refractivity contribution in [2.24, 2.45) is 0 Å². The van der Waals surface area contributed by atoms with Crippen molar-refractivity contribution in [3.05, 3.63) is 88.8 Å². The zero-order chi connectivity index (χ0) is 22.3. The summed E-state index contributed by atoms with van der Waals surface area (Å²) in [5.74, 6) is -2.41. The number of carbonyl (C=O) groups is 2. The van der Waals surface area contributed by atoms with Crippen LogP contribution in [0.1, 0.15) is 17.0 Å². The summed E-state index contributed by atoms with van der Waals surface area (Å²) in [6.07, 6.45) is 1.44. The van der Waals surface area contributed by atoms with Crippen molar-refractivity contribution in [3.63, 3.8) is 0 Å². The molecule has 0 atom stereocenters. The lowest BCUT2D eigenvalue weighted by atomic mass is 10.1. The highest BCUT2D eigenvalue weighted by Crippen LogP contribution is 2.27. The maximum atomic E-state index is 14.3. The first kappa shape index (κ1) is 20.6. The summed E-state index contributed by atoms with van der Waals surface area (Å²) in [5.41, 5.74) is 2.49. The van der Waals surface area contributed by atoms with Crippen LogP contribution in [0.2, 0.25) is 0 Å². The van der Waals surface area contributed by atoms with Crippen LogP contribution in [-0.2, 0) is 9.59 Å². The molecule has 1 saturated heterocycles. The molecule has 2 heterocycles. The summed E-state index contributed by atoms with van der Waals surface area (Å²) in [6.45, 7) is 3.64. The molecule has 156 valence electrons. The molecular formula is C23H17F2N3O2S. The number of aryl methyl sites for hydroxylation is 1. The van der Waals surface area contributed by atoms with Crippen LogP contribution in [0.25, 0.3) is 11.8 Å². The number of aromatic nitrogens is 1. The van der Waals surface area contributed by atoms with Crippen LogP contribution < -0.4 is 10.2 Å². The molecule has 0 saturated carbocycles. The zero-order valence-corrected chi connectivity index (χ0v) is 17.5. The van der Waals surface area contributed by atoms with Crippen LogP contribution in [0.4, 0.5) is 14.5 Å². The lowest BCUT2D eigenvalue weighted by molar-refractivity contribution is -0.122. The number of rotatable bonds is 3. The molecule has 0 aliphatic carbocycles. The Balaban J connectivity index is 1.79. The SMILES string of the molecule is Cc1cc(/C=C2\C(=O)NC(=S)N(c3ccccc3F)C2=O)c(C)n1-c1cccc(F)c1. The van der Waals surface area contributed by atoms with Gasteiger partial charge >= 0.3 is 0 Å². The summed E-state index contributed by atoms with van der Waals surface area (Å²) in [5, 5.41) is 2.25. The molecule has 2 amide bonds. The van der Waals surface area contributed by atoms with E-state index in [1.54, 1.807) is 31.2 Å². The summed E-state index contributed by atoms with van der Waals surface area (Å²) in [6, 6.07) is 13.6. The van der Waals surface area contributed by atoms with Gasteiger partial charge in [0.2, 0.25) is 0 Å². The molecule has 1 aromatic heterocycles. The molecule has 0 unspecified atom stereocenters. The van der Waals surface area contributed by atoms with E-state index in [1.165, 1.54) is 36.4 Å². The zero-order valence-electron chi connectivity index (χ0n) is 16.6. The molecule has 3 aromatic rings. The van der Waals surface area contributed by atoms with E-state index < -0.39 is 17.6 Å².